The van der Waals surface area contributed by atoms with Crippen LogP contribution >= 0.6 is 0 Å². The highest BCUT2D eigenvalue weighted by atomic mass is 16.5. The van der Waals surface area contributed by atoms with E-state index >= 15 is 0 Å². The van der Waals surface area contributed by atoms with Crippen LogP contribution < -0.4 is 11.1 Å². The number of amides is 1. The number of hydrogen-bond acceptors (Lipinski definition) is 7. The van der Waals surface area contributed by atoms with E-state index in [-0.39, 0.29) is 31.8 Å². The van der Waals surface area contributed by atoms with Gasteiger partial charge in [0.2, 0.25) is 0 Å². The van der Waals surface area contributed by atoms with E-state index in [2.05, 4.69) is 15.3 Å². The number of ether oxygens (including phenoxy) is 1. The molecule has 1 amide bonds. The van der Waals surface area contributed by atoms with Crippen LogP contribution in [-0.2, 0) is 9.53 Å². The average molecular weight is 227 g/mol. The molecule has 0 aromatic carbocycles. The summed E-state index contributed by atoms with van der Waals surface area (Å²) in [4.78, 5) is 21.2. The molecule has 0 aromatic rings. The van der Waals surface area contributed by atoms with Gasteiger partial charge in [-0.15, -0.1) is 0 Å². The molecule has 0 saturated heterocycles. The summed E-state index contributed by atoms with van der Waals surface area (Å²) >= 11 is 0. The maximum atomic E-state index is 11.5. The molecule has 2 heterocycles. The van der Waals surface area contributed by atoms with Gasteiger partial charge in [0.25, 0.3) is 5.91 Å². The van der Waals surface area contributed by atoms with E-state index in [1.165, 1.54) is 6.34 Å². The molecule has 0 fully saturated rings. The monoisotopic (exact) mass is 227 g/mol. The second-order valence-electron chi connectivity index (χ2n) is 3.40. The Morgan fingerprint density at radius 1 is 1.69 bits per heavy atom. The minimum Gasteiger partial charge on any atom is -0.394 e. The van der Waals surface area contributed by atoms with Crippen LogP contribution in [0.5, 0.6) is 0 Å². The first kappa shape index (κ1) is 10.8. The molecule has 2 unspecified atom stereocenters. The zero-order valence-electron chi connectivity index (χ0n) is 8.54. The molecule has 0 radical (unpaired) electrons. The number of nitrogens with two attached hydrogens (primary N) is 1. The molecule has 2 aliphatic heterocycles. The fraction of sp³-hybridized carbons (Fsp3) is 0.625. The summed E-state index contributed by atoms with van der Waals surface area (Å²) in [5.74, 6) is -0.178. The van der Waals surface area contributed by atoms with Crippen molar-refractivity contribution in [3.8, 4) is 0 Å². The lowest BCUT2D eigenvalue weighted by Crippen LogP contribution is -2.54. The molecule has 0 aromatic heterocycles. The number of aliphatic imine (C=N–C) groups is 2. The molecule has 0 saturated carbocycles. The first-order chi connectivity index (χ1) is 7.72. The highest BCUT2D eigenvalue weighted by Gasteiger charge is 2.39. The zero-order chi connectivity index (χ0) is 11.5. The van der Waals surface area contributed by atoms with Gasteiger partial charge in [-0.1, -0.05) is 0 Å². The first-order valence-corrected chi connectivity index (χ1v) is 4.84. The molecule has 2 atom stereocenters. The summed E-state index contributed by atoms with van der Waals surface area (Å²) in [6, 6.07) is -0.565. The lowest BCUT2D eigenvalue weighted by Gasteiger charge is -2.27. The number of rotatable bonds is 4. The van der Waals surface area contributed by atoms with Crippen molar-refractivity contribution in [2.45, 2.75) is 12.2 Å². The van der Waals surface area contributed by atoms with E-state index in [9.17, 15) is 4.79 Å². The number of aliphatic hydroxyl groups is 1. The molecule has 0 bridgehead atoms. The Balaban J connectivity index is 2.00. The predicted octanol–water partition coefficient (Wildman–Crippen LogP) is -2.56. The van der Waals surface area contributed by atoms with Crippen molar-refractivity contribution >= 4 is 18.2 Å². The minimum absolute atomic E-state index is 0.0506. The van der Waals surface area contributed by atoms with E-state index < -0.39 is 12.2 Å². The Hall–Kier alpha value is -1.67. The van der Waals surface area contributed by atoms with Crippen molar-refractivity contribution in [2.75, 3.05) is 19.9 Å². The lowest BCUT2D eigenvalue weighted by molar-refractivity contribution is -0.122. The number of carbonyl (C=O) groups is 1. The number of fused-ring (bicyclic) bond motifs is 1. The van der Waals surface area contributed by atoms with E-state index in [1.54, 1.807) is 4.90 Å². The first-order valence-electron chi connectivity index (χ1n) is 4.84. The van der Waals surface area contributed by atoms with Crippen molar-refractivity contribution in [1.82, 2.24) is 10.2 Å². The molecular weight excluding hydrogens is 214 g/mol. The van der Waals surface area contributed by atoms with Crippen LogP contribution in [0.15, 0.2) is 9.98 Å². The van der Waals surface area contributed by atoms with Crippen LogP contribution in [0.1, 0.15) is 0 Å². The van der Waals surface area contributed by atoms with Gasteiger partial charge in [-0.2, -0.15) is 0 Å². The predicted molar refractivity (Wildman–Crippen MR) is 55.6 cm³/mol. The van der Waals surface area contributed by atoms with E-state index in [1.807, 2.05) is 0 Å². The fourth-order valence-corrected chi connectivity index (χ4v) is 1.55. The Bertz CT molecular complexity index is 343. The van der Waals surface area contributed by atoms with Gasteiger partial charge in [0.15, 0.2) is 18.2 Å². The highest BCUT2D eigenvalue weighted by molar-refractivity contribution is 6.02. The van der Waals surface area contributed by atoms with Crippen molar-refractivity contribution in [2.24, 2.45) is 15.7 Å². The third-order valence-electron chi connectivity index (χ3n) is 2.27. The largest absolute Gasteiger partial charge is 0.394 e. The van der Waals surface area contributed by atoms with Crippen molar-refractivity contribution < 1.29 is 14.6 Å². The SMILES string of the molecule is NC1=NC2C(N=CN2COCCO)C(=O)N1. The van der Waals surface area contributed by atoms with Gasteiger partial charge < -0.3 is 20.5 Å². The third-order valence-corrected chi connectivity index (χ3v) is 2.27. The summed E-state index contributed by atoms with van der Waals surface area (Å²) in [7, 11) is 0. The summed E-state index contributed by atoms with van der Waals surface area (Å²) < 4.78 is 5.13. The standard InChI is InChI=1S/C8H13N5O3/c9-8-11-6-5(7(15)12-8)10-3-13(6)4-16-2-1-14/h3,5-6,14H,1-2,4H2,(H3,9,11,12,15). The molecule has 2 aliphatic rings. The van der Waals surface area contributed by atoms with E-state index in [4.69, 9.17) is 15.6 Å². The second kappa shape index (κ2) is 4.45. The van der Waals surface area contributed by atoms with Gasteiger partial charge in [-0.05, 0) is 0 Å². The van der Waals surface area contributed by atoms with E-state index in [0.29, 0.717) is 0 Å². The third kappa shape index (κ3) is 1.97. The van der Waals surface area contributed by atoms with Gasteiger partial charge in [0, 0.05) is 0 Å². The van der Waals surface area contributed by atoms with Gasteiger partial charge in [0.05, 0.1) is 19.6 Å². The van der Waals surface area contributed by atoms with Crippen LogP contribution in [0.2, 0.25) is 0 Å². The van der Waals surface area contributed by atoms with Crippen molar-refractivity contribution in [1.29, 1.82) is 0 Å². The zero-order valence-corrected chi connectivity index (χ0v) is 8.54. The lowest BCUT2D eigenvalue weighted by atomic mass is 10.2. The smallest absolute Gasteiger partial charge is 0.255 e. The van der Waals surface area contributed by atoms with Gasteiger partial charge in [-0.25, -0.2) is 4.99 Å². The molecule has 0 aliphatic carbocycles. The average Bonchev–Trinajstić information content (AvgIpc) is 2.62. The fourth-order valence-electron chi connectivity index (χ4n) is 1.55. The maximum Gasteiger partial charge on any atom is 0.255 e. The van der Waals surface area contributed by atoms with Crippen LogP contribution in [0, 0.1) is 0 Å². The summed E-state index contributed by atoms with van der Waals surface area (Å²) in [6.07, 6.45) is 1.07. The molecule has 2 rings (SSSR count). The van der Waals surface area contributed by atoms with Gasteiger partial charge >= 0.3 is 0 Å². The molecule has 16 heavy (non-hydrogen) atoms. The van der Waals surface area contributed by atoms with Gasteiger partial charge in [0.1, 0.15) is 6.73 Å². The molecule has 4 N–H and O–H groups in total. The quantitative estimate of drug-likeness (QED) is 0.457. The van der Waals surface area contributed by atoms with Crippen LogP contribution in [0.3, 0.4) is 0 Å². The number of carbonyl (C=O) groups excluding carboxylic acids is 1. The van der Waals surface area contributed by atoms with E-state index in [0.717, 1.165) is 0 Å². The molecule has 8 heteroatoms. The number of nitrogens with one attached hydrogen (secondary N) is 1. The van der Waals surface area contributed by atoms with Crippen LogP contribution in [0.25, 0.3) is 0 Å². The molecule has 0 spiro atoms. The Morgan fingerprint density at radius 2 is 2.50 bits per heavy atom. The van der Waals surface area contributed by atoms with Crippen LogP contribution in [-0.4, -0.2) is 60.4 Å². The normalized spacial score (nSPS) is 27.7. The molecular formula is C8H13N5O3. The number of nitrogens with zero attached hydrogens (tertiary/aromatic N) is 3. The van der Waals surface area contributed by atoms with Gasteiger partial charge in [-0.3, -0.25) is 15.1 Å². The highest BCUT2D eigenvalue weighted by Crippen LogP contribution is 2.17. The molecule has 8 nitrogen and oxygen atoms in total. The number of guanidine groups is 1. The molecule has 88 valence electrons. The summed E-state index contributed by atoms with van der Waals surface area (Å²) in [6.45, 7) is 0.396. The topological polar surface area (TPSA) is 113 Å². The minimum atomic E-state index is -0.565. The Kier molecular flexibility index (Phi) is 3.02. The Morgan fingerprint density at radius 3 is 3.25 bits per heavy atom. The van der Waals surface area contributed by atoms with Crippen molar-refractivity contribution in [3.63, 3.8) is 0 Å². The number of aliphatic hydroxyl groups excluding tert-OH is 1. The summed E-state index contributed by atoms with van der Waals surface area (Å²) in [5.41, 5.74) is 5.45. The Labute approximate surface area is 91.8 Å². The van der Waals surface area contributed by atoms with Crippen molar-refractivity contribution in [3.05, 3.63) is 0 Å². The number of hydrogen-bond donors (Lipinski definition) is 3. The second-order valence-corrected chi connectivity index (χ2v) is 3.40. The maximum absolute atomic E-state index is 11.5. The van der Waals surface area contributed by atoms with Crippen LogP contribution in [0.4, 0.5) is 0 Å². The summed E-state index contributed by atoms with van der Waals surface area (Å²) in [5, 5.41) is 11.0.